The van der Waals surface area contributed by atoms with Gasteiger partial charge in [-0.1, -0.05) is 32.0 Å². The molecule has 0 saturated carbocycles. The first-order valence-corrected chi connectivity index (χ1v) is 9.86. The number of benzene rings is 1. The fourth-order valence-electron chi connectivity index (χ4n) is 3.71. The Hall–Kier alpha value is -2.96. The molecule has 1 saturated heterocycles. The highest BCUT2D eigenvalue weighted by atomic mass is 16.2. The summed E-state index contributed by atoms with van der Waals surface area (Å²) >= 11 is 0. The van der Waals surface area contributed by atoms with Crippen molar-refractivity contribution in [1.29, 1.82) is 0 Å². The van der Waals surface area contributed by atoms with Gasteiger partial charge in [-0.25, -0.2) is 14.6 Å². The number of aromatic nitrogens is 4. The minimum Gasteiger partial charge on any atom is -0.354 e. The number of rotatable bonds is 3. The molecule has 1 fully saturated rings. The Labute approximate surface area is 165 Å². The number of amides is 1. The molecular formula is C21H26N6O. The van der Waals surface area contributed by atoms with Crippen LogP contribution in [0.1, 0.15) is 26.1 Å². The van der Waals surface area contributed by atoms with Crippen molar-refractivity contribution < 1.29 is 4.79 Å². The van der Waals surface area contributed by atoms with Crippen LogP contribution in [-0.4, -0.2) is 56.7 Å². The van der Waals surface area contributed by atoms with Crippen LogP contribution < -0.4 is 4.90 Å². The van der Waals surface area contributed by atoms with Gasteiger partial charge in [0.1, 0.15) is 11.6 Å². The van der Waals surface area contributed by atoms with Crippen molar-refractivity contribution in [2.24, 2.45) is 5.92 Å². The SMILES string of the molecule is Cc1nc(N2CCCN(C(=O)C(C)C)CC2)c2cnn(-c3ccccc3)c2n1. The molecule has 4 rings (SSSR count). The lowest BCUT2D eigenvalue weighted by atomic mass is 10.2. The molecule has 3 aromatic rings. The predicted molar refractivity (Wildman–Crippen MR) is 110 cm³/mol. The molecule has 1 aliphatic rings. The van der Waals surface area contributed by atoms with Gasteiger partial charge in [-0.3, -0.25) is 4.79 Å². The molecule has 28 heavy (non-hydrogen) atoms. The number of para-hydroxylation sites is 1. The summed E-state index contributed by atoms with van der Waals surface area (Å²) < 4.78 is 1.86. The van der Waals surface area contributed by atoms with Crippen LogP contribution in [0.3, 0.4) is 0 Å². The number of hydrogen-bond donors (Lipinski definition) is 0. The maximum atomic E-state index is 12.4. The number of carbonyl (C=O) groups is 1. The summed E-state index contributed by atoms with van der Waals surface area (Å²) in [5, 5.41) is 5.52. The lowest BCUT2D eigenvalue weighted by Gasteiger charge is -2.24. The minimum absolute atomic E-state index is 0.0312. The molecule has 1 aromatic carbocycles. The van der Waals surface area contributed by atoms with Crippen LogP contribution >= 0.6 is 0 Å². The molecule has 1 amide bonds. The summed E-state index contributed by atoms with van der Waals surface area (Å²) in [6.45, 7) is 8.97. The largest absolute Gasteiger partial charge is 0.354 e. The average Bonchev–Trinajstić information content (AvgIpc) is 2.96. The van der Waals surface area contributed by atoms with Crippen LogP contribution in [0.2, 0.25) is 0 Å². The van der Waals surface area contributed by atoms with Crippen LogP contribution in [0.5, 0.6) is 0 Å². The van der Waals surface area contributed by atoms with Gasteiger partial charge in [0.25, 0.3) is 0 Å². The van der Waals surface area contributed by atoms with Gasteiger partial charge in [0.15, 0.2) is 5.65 Å². The van der Waals surface area contributed by atoms with Gasteiger partial charge in [0.05, 0.1) is 17.3 Å². The van der Waals surface area contributed by atoms with E-state index in [0.29, 0.717) is 6.54 Å². The molecule has 3 heterocycles. The van der Waals surface area contributed by atoms with Crippen molar-refractivity contribution in [3.63, 3.8) is 0 Å². The van der Waals surface area contributed by atoms with Gasteiger partial charge >= 0.3 is 0 Å². The molecule has 0 atom stereocenters. The smallest absolute Gasteiger partial charge is 0.225 e. The van der Waals surface area contributed by atoms with E-state index in [0.717, 1.165) is 54.4 Å². The van der Waals surface area contributed by atoms with Crippen LogP contribution in [0, 0.1) is 12.8 Å². The first-order valence-electron chi connectivity index (χ1n) is 9.86. The number of nitrogens with zero attached hydrogens (tertiary/aromatic N) is 6. The van der Waals surface area contributed by atoms with E-state index in [1.165, 1.54) is 0 Å². The quantitative estimate of drug-likeness (QED) is 0.701. The molecule has 0 aliphatic carbocycles. The van der Waals surface area contributed by atoms with Gasteiger partial charge in [0.2, 0.25) is 5.91 Å². The monoisotopic (exact) mass is 378 g/mol. The summed E-state index contributed by atoms with van der Waals surface area (Å²) in [5.74, 6) is 1.88. The second kappa shape index (κ2) is 7.58. The van der Waals surface area contributed by atoms with Crippen molar-refractivity contribution in [2.45, 2.75) is 27.2 Å². The Morgan fingerprint density at radius 3 is 2.57 bits per heavy atom. The zero-order valence-electron chi connectivity index (χ0n) is 16.7. The van der Waals surface area contributed by atoms with E-state index < -0.39 is 0 Å². The zero-order valence-corrected chi connectivity index (χ0v) is 16.7. The second-order valence-corrected chi connectivity index (χ2v) is 7.54. The third-order valence-corrected chi connectivity index (χ3v) is 5.12. The third kappa shape index (κ3) is 3.44. The molecule has 146 valence electrons. The van der Waals surface area contributed by atoms with Crippen molar-refractivity contribution in [3.05, 3.63) is 42.4 Å². The lowest BCUT2D eigenvalue weighted by molar-refractivity contribution is -0.134. The van der Waals surface area contributed by atoms with Gasteiger partial charge < -0.3 is 9.80 Å². The minimum atomic E-state index is 0.0312. The van der Waals surface area contributed by atoms with E-state index in [1.54, 1.807) is 0 Å². The van der Waals surface area contributed by atoms with Gasteiger partial charge in [-0.2, -0.15) is 5.10 Å². The predicted octanol–water partition coefficient (Wildman–Crippen LogP) is 2.82. The molecule has 7 heteroatoms. The van der Waals surface area contributed by atoms with Crippen LogP contribution in [0.25, 0.3) is 16.7 Å². The number of hydrogen-bond acceptors (Lipinski definition) is 5. The summed E-state index contributed by atoms with van der Waals surface area (Å²) in [6.07, 6.45) is 2.77. The lowest BCUT2D eigenvalue weighted by Crippen LogP contribution is -2.37. The standard InChI is InChI=1S/C21H26N6O/c1-15(2)21(28)26-11-7-10-25(12-13-26)19-18-14-22-27(17-8-5-4-6-9-17)20(18)24-16(3)23-19/h4-6,8-9,14-15H,7,10-13H2,1-3H3. The van der Waals surface area contributed by atoms with Crippen LogP contribution in [0.4, 0.5) is 5.82 Å². The zero-order chi connectivity index (χ0) is 19.7. The van der Waals surface area contributed by atoms with Gasteiger partial charge in [-0.05, 0) is 25.5 Å². The first-order chi connectivity index (χ1) is 13.5. The molecular weight excluding hydrogens is 352 g/mol. The summed E-state index contributed by atoms with van der Waals surface area (Å²) in [5.41, 5.74) is 1.79. The van der Waals surface area contributed by atoms with Crippen molar-refractivity contribution in [3.8, 4) is 5.69 Å². The average molecular weight is 378 g/mol. The maximum absolute atomic E-state index is 12.4. The van der Waals surface area contributed by atoms with Gasteiger partial charge in [-0.15, -0.1) is 0 Å². The Balaban J connectivity index is 1.68. The van der Waals surface area contributed by atoms with Crippen molar-refractivity contribution in [2.75, 3.05) is 31.1 Å². The molecule has 0 unspecified atom stereocenters. The van der Waals surface area contributed by atoms with Crippen molar-refractivity contribution in [1.82, 2.24) is 24.6 Å². The Bertz CT molecular complexity index is 981. The molecule has 0 N–H and O–H groups in total. The highest BCUT2D eigenvalue weighted by molar-refractivity contribution is 5.88. The highest BCUT2D eigenvalue weighted by Crippen LogP contribution is 2.26. The number of carbonyl (C=O) groups excluding carboxylic acids is 1. The van der Waals surface area contributed by atoms with Crippen LogP contribution in [-0.2, 0) is 4.79 Å². The topological polar surface area (TPSA) is 67.2 Å². The van der Waals surface area contributed by atoms with E-state index in [1.807, 2.05) is 66.9 Å². The number of aryl methyl sites for hydroxylation is 1. The van der Waals surface area contributed by atoms with Gasteiger partial charge in [0, 0.05) is 32.1 Å². The fourth-order valence-corrected chi connectivity index (χ4v) is 3.71. The van der Waals surface area contributed by atoms with Crippen molar-refractivity contribution >= 4 is 22.8 Å². The molecule has 0 radical (unpaired) electrons. The maximum Gasteiger partial charge on any atom is 0.225 e. The Kier molecular flexibility index (Phi) is 4.98. The first kappa shape index (κ1) is 18.4. The highest BCUT2D eigenvalue weighted by Gasteiger charge is 2.24. The van der Waals surface area contributed by atoms with E-state index in [2.05, 4.69) is 15.0 Å². The molecule has 7 nitrogen and oxygen atoms in total. The Morgan fingerprint density at radius 2 is 1.82 bits per heavy atom. The molecule has 1 aliphatic heterocycles. The van der Waals surface area contributed by atoms with E-state index in [4.69, 9.17) is 4.98 Å². The molecule has 0 bridgehead atoms. The fraction of sp³-hybridized carbons (Fsp3) is 0.429. The third-order valence-electron chi connectivity index (χ3n) is 5.12. The second-order valence-electron chi connectivity index (χ2n) is 7.54. The number of anilines is 1. The number of fused-ring (bicyclic) bond motifs is 1. The molecule has 0 spiro atoms. The molecule has 2 aromatic heterocycles. The Morgan fingerprint density at radius 1 is 1.04 bits per heavy atom. The summed E-state index contributed by atoms with van der Waals surface area (Å²) in [7, 11) is 0. The van der Waals surface area contributed by atoms with E-state index >= 15 is 0 Å². The van der Waals surface area contributed by atoms with Crippen LogP contribution in [0.15, 0.2) is 36.5 Å². The van der Waals surface area contributed by atoms with E-state index in [9.17, 15) is 4.79 Å². The normalized spacial score (nSPS) is 15.3. The van der Waals surface area contributed by atoms with E-state index in [-0.39, 0.29) is 11.8 Å². The summed E-state index contributed by atoms with van der Waals surface area (Å²) in [4.78, 5) is 26.0. The summed E-state index contributed by atoms with van der Waals surface area (Å²) in [6, 6.07) is 10.0.